The molecule has 0 spiro atoms. The van der Waals surface area contributed by atoms with Gasteiger partial charge in [-0.25, -0.2) is 13.6 Å². The number of amides is 4. The molecule has 4 heterocycles. The number of hydrogen-bond donors (Lipinski definition) is 3. The molecule has 18 heteroatoms. The number of primary amides is 1. The van der Waals surface area contributed by atoms with Crippen LogP contribution in [-0.2, 0) is 32.2 Å². The highest BCUT2D eigenvalue weighted by molar-refractivity contribution is 6.32. The summed E-state index contributed by atoms with van der Waals surface area (Å²) in [4.78, 5) is 45.9. The summed E-state index contributed by atoms with van der Waals surface area (Å²) in [6.45, 7) is 5.96. The monoisotopic (exact) mass is 933 g/mol. The zero-order valence-corrected chi connectivity index (χ0v) is 37.4. The standard InChI is InChI=1S/C24H26ClFN4O4.C23H25ClFN3O3/c1-33-22-8-16(21(9-20(22)25)28-24(27)32)4-7-23(31)30-18-11-29(12-19(30)14-34-13-18)10-15-2-5-17(26)6-3-15;1-30-22-8-16(21(26)9-20(22)24)4-7-23(29)28-18-11-27(12-19(28)14-31-13-18)10-15-2-5-17(25)6-3-15/h2-9,18-19H,10-14H2,1H3,(H3,27,28,32);2-9,18-19H,10-14,26H2,1H3/b2*7-4+. The van der Waals surface area contributed by atoms with Crippen molar-refractivity contribution in [3.05, 3.63) is 129 Å². The van der Waals surface area contributed by atoms with E-state index >= 15 is 0 Å². The highest BCUT2D eigenvalue weighted by Crippen LogP contribution is 2.33. The van der Waals surface area contributed by atoms with Crippen molar-refractivity contribution in [3.8, 4) is 11.5 Å². The molecule has 14 nitrogen and oxygen atoms in total. The summed E-state index contributed by atoms with van der Waals surface area (Å²) in [5, 5.41) is 3.24. The second-order valence-corrected chi connectivity index (χ2v) is 17.0. The maximum absolute atomic E-state index is 13.2. The van der Waals surface area contributed by atoms with E-state index in [4.69, 9.17) is 53.6 Å². The van der Waals surface area contributed by atoms with Crippen molar-refractivity contribution in [2.75, 3.05) is 77.9 Å². The van der Waals surface area contributed by atoms with Gasteiger partial charge in [0.05, 0.1) is 80.5 Å². The lowest BCUT2D eigenvalue weighted by atomic mass is 10.0. The lowest BCUT2D eigenvalue weighted by Crippen LogP contribution is -2.65. The number of urea groups is 1. The van der Waals surface area contributed by atoms with Gasteiger partial charge in [0.1, 0.15) is 23.1 Å². The Kier molecular flexibility index (Phi) is 15.6. The maximum Gasteiger partial charge on any atom is 0.316 e. The minimum absolute atomic E-state index is 0.0396. The van der Waals surface area contributed by atoms with Crippen LogP contribution in [0.25, 0.3) is 12.2 Å². The van der Waals surface area contributed by atoms with Crippen LogP contribution in [0.1, 0.15) is 22.3 Å². The fourth-order valence-corrected chi connectivity index (χ4v) is 9.15. The number of anilines is 2. The molecule has 0 saturated carbocycles. The largest absolute Gasteiger partial charge is 0.495 e. The van der Waals surface area contributed by atoms with E-state index in [2.05, 4.69) is 15.1 Å². The van der Waals surface area contributed by atoms with Gasteiger partial charge in [0.2, 0.25) is 11.8 Å². The number of nitrogen functional groups attached to an aromatic ring is 1. The molecule has 4 unspecified atom stereocenters. The van der Waals surface area contributed by atoms with Crippen LogP contribution in [-0.4, -0.2) is 128 Å². The number of nitrogens with two attached hydrogens (primary N) is 2. The quantitative estimate of drug-likeness (QED) is 0.115. The van der Waals surface area contributed by atoms with Gasteiger partial charge in [-0.05, 0) is 71.8 Å². The molecule has 8 rings (SSSR count). The van der Waals surface area contributed by atoms with Crippen LogP contribution in [0.4, 0.5) is 25.0 Å². The lowest BCUT2D eigenvalue weighted by molar-refractivity contribution is -0.150. The minimum Gasteiger partial charge on any atom is -0.495 e. The molecule has 5 N–H and O–H groups in total. The van der Waals surface area contributed by atoms with E-state index in [9.17, 15) is 23.2 Å². The highest BCUT2D eigenvalue weighted by Gasteiger charge is 2.41. The van der Waals surface area contributed by atoms with E-state index in [-0.39, 0.29) is 47.6 Å². The maximum atomic E-state index is 13.2. The third-order valence-corrected chi connectivity index (χ3v) is 12.2. The Bertz CT molecular complexity index is 2380. The van der Waals surface area contributed by atoms with Gasteiger partial charge in [-0.2, -0.15) is 0 Å². The lowest BCUT2D eigenvalue weighted by Gasteiger charge is -2.49. The summed E-state index contributed by atoms with van der Waals surface area (Å²) >= 11 is 12.2. The number of fused-ring (bicyclic) bond motifs is 4. The molecule has 0 aromatic heterocycles. The average molecular weight is 935 g/mol. The predicted octanol–water partition coefficient (Wildman–Crippen LogP) is 6.30. The molecule has 4 aliphatic rings. The first-order valence-corrected chi connectivity index (χ1v) is 21.7. The molecule has 0 radical (unpaired) electrons. The Morgan fingerprint density at radius 3 is 1.49 bits per heavy atom. The minimum atomic E-state index is -0.744. The summed E-state index contributed by atoms with van der Waals surface area (Å²) in [5.41, 5.74) is 15.4. The smallest absolute Gasteiger partial charge is 0.316 e. The number of carbonyl (C=O) groups excluding carboxylic acids is 3. The number of nitrogens with zero attached hydrogens (tertiary/aromatic N) is 4. The molecule has 4 atom stereocenters. The number of ether oxygens (including phenoxy) is 4. The van der Waals surface area contributed by atoms with Crippen LogP contribution >= 0.6 is 23.2 Å². The normalized spacial score (nSPS) is 20.9. The van der Waals surface area contributed by atoms with Gasteiger partial charge in [0.15, 0.2) is 0 Å². The zero-order chi connectivity index (χ0) is 46.2. The molecular formula is C47H51Cl2F2N7O7. The first-order valence-electron chi connectivity index (χ1n) is 20.9. The van der Waals surface area contributed by atoms with Gasteiger partial charge in [-0.15, -0.1) is 0 Å². The number of hydrogen-bond acceptors (Lipinski definition) is 10. The molecule has 0 aliphatic carbocycles. The fourth-order valence-electron chi connectivity index (χ4n) is 8.66. The summed E-state index contributed by atoms with van der Waals surface area (Å²) < 4.78 is 48.3. The second kappa shape index (κ2) is 21.5. The van der Waals surface area contributed by atoms with Crippen LogP contribution in [0, 0.1) is 11.6 Å². The van der Waals surface area contributed by atoms with Crippen LogP contribution in [0.3, 0.4) is 0 Å². The first-order chi connectivity index (χ1) is 31.3. The van der Waals surface area contributed by atoms with E-state index < -0.39 is 6.03 Å². The topological polar surface area (TPSA) is 165 Å². The van der Waals surface area contributed by atoms with E-state index in [1.807, 2.05) is 9.80 Å². The van der Waals surface area contributed by atoms with Crippen LogP contribution in [0.15, 0.2) is 84.9 Å². The van der Waals surface area contributed by atoms with Crippen molar-refractivity contribution >= 4 is 64.6 Å². The highest BCUT2D eigenvalue weighted by atomic mass is 35.5. The molecule has 4 saturated heterocycles. The molecule has 344 valence electrons. The predicted molar refractivity (Wildman–Crippen MR) is 246 cm³/mol. The second-order valence-electron chi connectivity index (χ2n) is 16.2. The summed E-state index contributed by atoms with van der Waals surface area (Å²) in [7, 11) is 3.01. The fraction of sp³-hybridized carbons (Fsp3) is 0.340. The van der Waals surface area contributed by atoms with Crippen LogP contribution in [0.2, 0.25) is 10.0 Å². The number of benzene rings is 4. The van der Waals surface area contributed by atoms with Crippen LogP contribution < -0.4 is 26.3 Å². The number of halogens is 4. The number of morpholine rings is 2. The molecule has 4 aliphatic heterocycles. The summed E-state index contributed by atoms with van der Waals surface area (Å²) in [6.07, 6.45) is 6.31. The SMILES string of the molecule is COc1cc(/C=C/C(=O)N2C3COCC2CN(Cc2ccc(F)cc2)C3)c(N)cc1Cl.COc1cc(/C=C/C(=O)N2C3COCC2CN(Cc2ccc(F)cc2)C3)c(NC(N)=O)cc1Cl. The van der Waals surface area contributed by atoms with Crippen molar-refractivity contribution in [2.24, 2.45) is 5.73 Å². The van der Waals surface area contributed by atoms with Gasteiger partial charge in [-0.3, -0.25) is 19.4 Å². The molecule has 4 aromatic carbocycles. The Morgan fingerprint density at radius 1 is 0.677 bits per heavy atom. The zero-order valence-electron chi connectivity index (χ0n) is 35.9. The number of carbonyl (C=O) groups is 3. The van der Waals surface area contributed by atoms with Crippen molar-refractivity contribution in [1.82, 2.24) is 19.6 Å². The Balaban J connectivity index is 0.000000195. The Hall–Kier alpha value is -5.75. The molecule has 4 amide bonds. The third kappa shape index (κ3) is 11.9. The van der Waals surface area contributed by atoms with Crippen molar-refractivity contribution in [3.63, 3.8) is 0 Å². The third-order valence-electron chi connectivity index (χ3n) is 11.6. The van der Waals surface area contributed by atoms with Gasteiger partial charge >= 0.3 is 6.03 Å². The average Bonchev–Trinajstić information content (AvgIpc) is 3.26. The van der Waals surface area contributed by atoms with E-state index in [1.165, 1.54) is 50.6 Å². The molecule has 4 bridgehead atoms. The number of nitrogens with one attached hydrogen (secondary N) is 1. The number of methoxy groups -OCH3 is 2. The van der Waals surface area contributed by atoms with Crippen LogP contribution in [0.5, 0.6) is 11.5 Å². The van der Waals surface area contributed by atoms with Crippen molar-refractivity contribution in [1.29, 1.82) is 0 Å². The van der Waals surface area contributed by atoms with E-state index in [1.54, 1.807) is 60.7 Å². The van der Waals surface area contributed by atoms with Gasteiger partial charge in [-0.1, -0.05) is 47.5 Å². The van der Waals surface area contributed by atoms with Crippen molar-refractivity contribution < 1.29 is 42.1 Å². The summed E-state index contributed by atoms with van der Waals surface area (Å²) in [6, 6.07) is 18.5. The van der Waals surface area contributed by atoms with E-state index in [0.29, 0.717) is 110 Å². The number of piperazine rings is 2. The Labute approximate surface area is 386 Å². The van der Waals surface area contributed by atoms with Gasteiger partial charge < -0.3 is 45.5 Å². The molecule has 65 heavy (non-hydrogen) atoms. The molecule has 4 aromatic rings. The number of rotatable bonds is 11. The van der Waals surface area contributed by atoms with Gasteiger partial charge in [0.25, 0.3) is 0 Å². The van der Waals surface area contributed by atoms with Gasteiger partial charge in [0, 0.05) is 68.2 Å². The first kappa shape index (κ1) is 47.2. The summed E-state index contributed by atoms with van der Waals surface area (Å²) in [5.74, 6) is 0.178. The molecule has 4 fully saturated rings. The van der Waals surface area contributed by atoms with E-state index in [0.717, 1.165) is 11.1 Å². The van der Waals surface area contributed by atoms with Crippen molar-refractivity contribution in [2.45, 2.75) is 37.3 Å². The Morgan fingerprint density at radius 2 is 1.08 bits per heavy atom. The molecular weight excluding hydrogens is 883 g/mol.